The summed E-state index contributed by atoms with van der Waals surface area (Å²) >= 11 is 0. The lowest BCUT2D eigenvalue weighted by atomic mass is 10.2. The van der Waals surface area contributed by atoms with Gasteiger partial charge in [0.05, 0.1) is 13.2 Å². The van der Waals surface area contributed by atoms with E-state index in [4.69, 9.17) is 4.74 Å². The highest BCUT2D eigenvalue weighted by Gasteiger charge is 2.21. The maximum atomic E-state index is 11.7. The number of rotatable bonds is 5. The average Bonchev–Trinajstić information content (AvgIpc) is 2.52. The second-order valence-corrected chi connectivity index (χ2v) is 4.54. The van der Waals surface area contributed by atoms with E-state index in [2.05, 4.69) is 16.0 Å². The van der Waals surface area contributed by atoms with Gasteiger partial charge in [-0.2, -0.15) is 0 Å². The molecule has 20 heavy (non-hydrogen) atoms. The SMILES string of the molecule is O=C(CNC(=O)C1CNCCO1)NCc1ccccc1. The van der Waals surface area contributed by atoms with Gasteiger partial charge in [-0.15, -0.1) is 0 Å². The number of hydrogen-bond donors (Lipinski definition) is 3. The van der Waals surface area contributed by atoms with Crippen LogP contribution in [0.15, 0.2) is 30.3 Å². The fraction of sp³-hybridized carbons (Fsp3) is 0.429. The summed E-state index contributed by atoms with van der Waals surface area (Å²) in [5, 5.41) is 8.38. The number of ether oxygens (including phenoxy) is 1. The highest BCUT2D eigenvalue weighted by Crippen LogP contribution is 1.97. The van der Waals surface area contributed by atoms with Gasteiger partial charge in [-0.25, -0.2) is 0 Å². The molecule has 0 saturated carbocycles. The molecule has 0 aliphatic carbocycles. The Morgan fingerprint density at radius 3 is 2.75 bits per heavy atom. The highest BCUT2D eigenvalue weighted by atomic mass is 16.5. The van der Waals surface area contributed by atoms with Gasteiger partial charge in [-0.05, 0) is 5.56 Å². The van der Waals surface area contributed by atoms with E-state index in [-0.39, 0.29) is 18.4 Å². The minimum atomic E-state index is -0.509. The molecule has 1 heterocycles. The van der Waals surface area contributed by atoms with E-state index in [1.165, 1.54) is 0 Å². The molecule has 1 aliphatic heterocycles. The van der Waals surface area contributed by atoms with Crippen molar-refractivity contribution < 1.29 is 14.3 Å². The first-order valence-electron chi connectivity index (χ1n) is 6.66. The van der Waals surface area contributed by atoms with E-state index in [1.54, 1.807) is 0 Å². The zero-order chi connectivity index (χ0) is 14.2. The van der Waals surface area contributed by atoms with Gasteiger partial charge in [0.2, 0.25) is 5.91 Å². The summed E-state index contributed by atoms with van der Waals surface area (Å²) in [6.07, 6.45) is -0.509. The Morgan fingerprint density at radius 1 is 1.25 bits per heavy atom. The van der Waals surface area contributed by atoms with E-state index in [0.29, 0.717) is 19.7 Å². The molecule has 0 bridgehead atoms. The predicted molar refractivity (Wildman–Crippen MR) is 73.9 cm³/mol. The van der Waals surface area contributed by atoms with Crippen molar-refractivity contribution in [1.82, 2.24) is 16.0 Å². The quantitative estimate of drug-likeness (QED) is 0.672. The molecule has 0 aromatic heterocycles. The van der Waals surface area contributed by atoms with Crippen molar-refractivity contribution in [2.24, 2.45) is 0 Å². The maximum Gasteiger partial charge on any atom is 0.250 e. The lowest BCUT2D eigenvalue weighted by Crippen LogP contribution is -2.49. The number of benzene rings is 1. The average molecular weight is 277 g/mol. The van der Waals surface area contributed by atoms with Gasteiger partial charge in [0.1, 0.15) is 6.10 Å². The Balaban J connectivity index is 1.65. The molecule has 2 amide bonds. The maximum absolute atomic E-state index is 11.7. The molecule has 1 saturated heterocycles. The Hall–Kier alpha value is -1.92. The number of carbonyl (C=O) groups excluding carboxylic acids is 2. The molecular formula is C14H19N3O3. The molecular weight excluding hydrogens is 258 g/mol. The van der Waals surface area contributed by atoms with Gasteiger partial charge < -0.3 is 20.7 Å². The molecule has 2 rings (SSSR count). The van der Waals surface area contributed by atoms with Crippen LogP contribution >= 0.6 is 0 Å². The predicted octanol–water partition coefficient (Wildman–Crippen LogP) is -0.593. The molecule has 108 valence electrons. The third-order valence-electron chi connectivity index (χ3n) is 2.98. The third-order valence-corrected chi connectivity index (χ3v) is 2.98. The fourth-order valence-electron chi connectivity index (χ4n) is 1.87. The van der Waals surface area contributed by atoms with E-state index >= 15 is 0 Å². The summed E-state index contributed by atoms with van der Waals surface area (Å²) in [7, 11) is 0. The first-order valence-corrected chi connectivity index (χ1v) is 6.66. The van der Waals surface area contributed by atoms with Crippen LogP contribution < -0.4 is 16.0 Å². The Labute approximate surface area is 117 Å². The lowest BCUT2D eigenvalue weighted by Gasteiger charge is -2.22. The number of nitrogens with one attached hydrogen (secondary N) is 3. The first-order chi connectivity index (χ1) is 9.75. The van der Waals surface area contributed by atoms with Gasteiger partial charge in [-0.3, -0.25) is 9.59 Å². The van der Waals surface area contributed by atoms with Gasteiger partial charge >= 0.3 is 0 Å². The van der Waals surface area contributed by atoms with Crippen LogP contribution in [0.3, 0.4) is 0 Å². The van der Waals surface area contributed by atoms with Crippen molar-refractivity contribution in [3.8, 4) is 0 Å². The molecule has 1 aromatic rings. The van der Waals surface area contributed by atoms with Gasteiger partial charge in [-0.1, -0.05) is 30.3 Å². The van der Waals surface area contributed by atoms with Crippen LogP contribution in [0, 0.1) is 0 Å². The van der Waals surface area contributed by atoms with Crippen molar-refractivity contribution in [2.75, 3.05) is 26.2 Å². The Bertz CT molecular complexity index is 444. The van der Waals surface area contributed by atoms with Gasteiger partial charge in [0.25, 0.3) is 5.91 Å². The van der Waals surface area contributed by atoms with Crippen molar-refractivity contribution in [2.45, 2.75) is 12.6 Å². The number of carbonyl (C=O) groups is 2. The monoisotopic (exact) mass is 277 g/mol. The van der Waals surface area contributed by atoms with E-state index in [1.807, 2.05) is 30.3 Å². The minimum absolute atomic E-state index is 0.0362. The highest BCUT2D eigenvalue weighted by molar-refractivity contribution is 5.87. The molecule has 3 N–H and O–H groups in total. The Morgan fingerprint density at radius 2 is 2.05 bits per heavy atom. The van der Waals surface area contributed by atoms with Crippen molar-refractivity contribution >= 4 is 11.8 Å². The summed E-state index contributed by atoms with van der Waals surface area (Å²) < 4.78 is 5.30. The summed E-state index contributed by atoms with van der Waals surface area (Å²) in [6, 6.07) is 9.61. The summed E-state index contributed by atoms with van der Waals surface area (Å²) in [6.45, 7) is 2.17. The zero-order valence-corrected chi connectivity index (χ0v) is 11.2. The molecule has 1 aromatic carbocycles. The van der Waals surface area contributed by atoms with Crippen LogP contribution in [0.5, 0.6) is 0 Å². The molecule has 1 unspecified atom stereocenters. The summed E-state index contributed by atoms with van der Waals surface area (Å²) in [5.41, 5.74) is 1.02. The molecule has 6 heteroatoms. The number of amides is 2. The van der Waals surface area contributed by atoms with Gasteiger partial charge in [0, 0.05) is 19.6 Å². The molecule has 0 spiro atoms. The number of morpholine rings is 1. The molecule has 0 radical (unpaired) electrons. The van der Waals surface area contributed by atoms with E-state index in [9.17, 15) is 9.59 Å². The van der Waals surface area contributed by atoms with E-state index < -0.39 is 6.10 Å². The topological polar surface area (TPSA) is 79.5 Å². The van der Waals surface area contributed by atoms with Gasteiger partial charge in [0.15, 0.2) is 0 Å². The van der Waals surface area contributed by atoms with Crippen LogP contribution in [0.1, 0.15) is 5.56 Å². The zero-order valence-electron chi connectivity index (χ0n) is 11.2. The first kappa shape index (κ1) is 14.5. The minimum Gasteiger partial charge on any atom is -0.366 e. The third kappa shape index (κ3) is 4.64. The molecule has 1 atom stereocenters. The Kier molecular flexibility index (Phi) is 5.52. The molecule has 6 nitrogen and oxygen atoms in total. The van der Waals surface area contributed by atoms with Crippen molar-refractivity contribution in [3.05, 3.63) is 35.9 Å². The largest absolute Gasteiger partial charge is 0.366 e. The van der Waals surface area contributed by atoms with Crippen LogP contribution in [0.25, 0.3) is 0 Å². The van der Waals surface area contributed by atoms with Crippen molar-refractivity contribution in [3.63, 3.8) is 0 Å². The van der Waals surface area contributed by atoms with E-state index in [0.717, 1.165) is 12.1 Å². The summed E-state index contributed by atoms with van der Waals surface area (Å²) in [5.74, 6) is -0.474. The second kappa shape index (κ2) is 7.62. The molecule has 1 fully saturated rings. The van der Waals surface area contributed by atoms with Crippen LogP contribution in [0.2, 0.25) is 0 Å². The fourth-order valence-corrected chi connectivity index (χ4v) is 1.87. The van der Waals surface area contributed by atoms with Crippen LogP contribution in [-0.4, -0.2) is 44.2 Å². The van der Waals surface area contributed by atoms with Crippen molar-refractivity contribution in [1.29, 1.82) is 0 Å². The van der Waals surface area contributed by atoms with Crippen LogP contribution in [-0.2, 0) is 20.9 Å². The number of hydrogen-bond acceptors (Lipinski definition) is 4. The normalized spacial score (nSPS) is 18.3. The molecule has 1 aliphatic rings. The smallest absolute Gasteiger partial charge is 0.250 e. The van der Waals surface area contributed by atoms with Crippen LogP contribution in [0.4, 0.5) is 0 Å². The summed E-state index contributed by atoms with van der Waals surface area (Å²) in [4.78, 5) is 23.3. The standard InChI is InChI=1S/C14H19N3O3/c18-13(16-8-11-4-2-1-3-5-11)10-17-14(19)12-9-15-6-7-20-12/h1-5,12,15H,6-10H2,(H,16,18)(H,17,19). The second-order valence-electron chi connectivity index (χ2n) is 4.54. The lowest BCUT2D eigenvalue weighted by molar-refractivity contribution is -0.136.